The molecule has 0 aliphatic carbocycles. The number of rotatable bonds is 5. The summed E-state index contributed by atoms with van der Waals surface area (Å²) in [4.78, 5) is 16.2. The zero-order valence-corrected chi connectivity index (χ0v) is 15.2. The average Bonchev–Trinajstić information content (AvgIpc) is 2.68. The van der Waals surface area contributed by atoms with Gasteiger partial charge in [-0.05, 0) is 18.1 Å². The van der Waals surface area contributed by atoms with Gasteiger partial charge in [-0.25, -0.2) is 4.79 Å². The largest absolute Gasteiger partial charge is 0.445 e. The van der Waals surface area contributed by atoms with Crippen LogP contribution in [0.1, 0.15) is 22.7 Å². The van der Waals surface area contributed by atoms with Gasteiger partial charge < -0.3 is 14.7 Å². The Balaban J connectivity index is 1.52. The molecule has 1 fully saturated rings. The highest BCUT2D eigenvalue weighted by molar-refractivity contribution is 5.67. The van der Waals surface area contributed by atoms with E-state index in [1.165, 1.54) is 5.56 Å². The van der Waals surface area contributed by atoms with Crippen LogP contribution in [0.15, 0.2) is 54.6 Å². The van der Waals surface area contributed by atoms with Crippen LogP contribution in [0.2, 0.25) is 0 Å². The van der Waals surface area contributed by atoms with E-state index in [1.807, 2.05) is 42.5 Å². The van der Waals surface area contributed by atoms with Crippen LogP contribution in [0.5, 0.6) is 0 Å². The van der Waals surface area contributed by atoms with E-state index in [0.29, 0.717) is 19.7 Å². The molecule has 1 saturated heterocycles. The van der Waals surface area contributed by atoms with Gasteiger partial charge in [0, 0.05) is 26.2 Å². The molecule has 0 saturated carbocycles. The van der Waals surface area contributed by atoms with Gasteiger partial charge in [0.15, 0.2) is 0 Å². The third-order valence-corrected chi connectivity index (χ3v) is 4.82. The van der Waals surface area contributed by atoms with Gasteiger partial charge in [-0.2, -0.15) is 0 Å². The summed E-state index contributed by atoms with van der Waals surface area (Å²) in [6.45, 7) is 5.08. The van der Waals surface area contributed by atoms with Crippen molar-refractivity contribution >= 4 is 6.09 Å². The van der Waals surface area contributed by atoms with Gasteiger partial charge in [-0.15, -0.1) is 0 Å². The number of hydrogen-bond donors (Lipinski definition) is 1. The van der Waals surface area contributed by atoms with Crippen molar-refractivity contribution in [1.29, 1.82) is 0 Å². The molecule has 0 bridgehead atoms. The molecule has 0 spiro atoms. The predicted molar refractivity (Wildman–Crippen MR) is 101 cm³/mol. The highest BCUT2D eigenvalue weighted by atomic mass is 16.6. The maximum Gasteiger partial charge on any atom is 0.410 e. The summed E-state index contributed by atoms with van der Waals surface area (Å²) in [6.07, 6.45) is -0.274. The van der Waals surface area contributed by atoms with Crippen molar-refractivity contribution in [1.82, 2.24) is 9.80 Å². The summed E-state index contributed by atoms with van der Waals surface area (Å²) < 4.78 is 5.41. The monoisotopic (exact) mass is 354 g/mol. The van der Waals surface area contributed by atoms with Crippen LogP contribution < -0.4 is 0 Å². The minimum Gasteiger partial charge on any atom is -0.445 e. The number of benzene rings is 2. The minimum absolute atomic E-state index is 0.0302. The van der Waals surface area contributed by atoms with Crippen molar-refractivity contribution < 1.29 is 14.6 Å². The molecule has 1 unspecified atom stereocenters. The van der Waals surface area contributed by atoms with E-state index in [4.69, 9.17) is 4.74 Å². The molecule has 0 aromatic heterocycles. The van der Waals surface area contributed by atoms with E-state index < -0.39 is 0 Å². The van der Waals surface area contributed by atoms with Gasteiger partial charge in [0.05, 0.1) is 12.6 Å². The quantitative estimate of drug-likeness (QED) is 0.897. The predicted octanol–water partition coefficient (Wildman–Crippen LogP) is 2.98. The summed E-state index contributed by atoms with van der Waals surface area (Å²) in [5, 5.41) is 9.86. The van der Waals surface area contributed by atoms with Crippen LogP contribution in [0.3, 0.4) is 0 Å². The molecular weight excluding hydrogens is 328 g/mol. The second-order valence-electron chi connectivity index (χ2n) is 6.68. The molecule has 1 N–H and O–H groups in total. The lowest BCUT2D eigenvalue weighted by Crippen LogP contribution is -2.50. The number of amides is 1. The van der Waals surface area contributed by atoms with Crippen LogP contribution in [0.4, 0.5) is 4.79 Å². The summed E-state index contributed by atoms with van der Waals surface area (Å²) in [6, 6.07) is 17.9. The molecule has 1 aliphatic rings. The highest BCUT2D eigenvalue weighted by Gasteiger charge is 2.27. The number of aliphatic hydroxyl groups excluding tert-OH is 1. The molecule has 1 amide bonds. The number of nitrogens with zero attached hydrogens (tertiary/aromatic N) is 2. The van der Waals surface area contributed by atoms with Crippen LogP contribution in [-0.4, -0.2) is 53.8 Å². The number of aliphatic hydroxyl groups is 1. The Morgan fingerprint density at radius 2 is 1.81 bits per heavy atom. The number of piperazine rings is 1. The Kier molecular flexibility index (Phi) is 6.26. The molecule has 0 radical (unpaired) electrons. The fourth-order valence-corrected chi connectivity index (χ4v) is 3.34. The summed E-state index contributed by atoms with van der Waals surface area (Å²) in [5.41, 5.74) is 3.29. The van der Waals surface area contributed by atoms with Crippen molar-refractivity contribution in [2.45, 2.75) is 19.6 Å². The van der Waals surface area contributed by atoms with Crippen molar-refractivity contribution in [3.05, 3.63) is 71.3 Å². The first-order valence-corrected chi connectivity index (χ1v) is 9.04. The number of hydrogen-bond acceptors (Lipinski definition) is 4. The molecule has 26 heavy (non-hydrogen) atoms. The zero-order valence-electron chi connectivity index (χ0n) is 15.2. The lowest BCUT2D eigenvalue weighted by Gasteiger charge is -2.38. The third-order valence-electron chi connectivity index (χ3n) is 4.82. The Bertz CT molecular complexity index is 712. The van der Waals surface area contributed by atoms with Gasteiger partial charge in [0.25, 0.3) is 0 Å². The van der Waals surface area contributed by atoms with Gasteiger partial charge in [0.2, 0.25) is 0 Å². The lowest BCUT2D eigenvalue weighted by atomic mass is 10.0. The Labute approximate surface area is 154 Å². The number of aryl methyl sites for hydroxylation is 1. The molecule has 5 heteroatoms. The molecule has 1 atom stereocenters. The zero-order chi connectivity index (χ0) is 18.4. The van der Waals surface area contributed by atoms with E-state index >= 15 is 0 Å². The van der Waals surface area contributed by atoms with Crippen molar-refractivity contribution in [3.63, 3.8) is 0 Å². The SMILES string of the molecule is Cc1cccc(C(CO)N2CCN(C(=O)OCc3ccccc3)CC2)c1. The summed E-state index contributed by atoms with van der Waals surface area (Å²) in [7, 11) is 0. The first kappa shape index (κ1) is 18.4. The average molecular weight is 354 g/mol. The van der Waals surface area contributed by atoms with E-state index in [2.05, 4.69) is 24.0 Å². The van der Waals surface area contributed by atoms with Gasteiger partial charge in [-0.1, -0.05) is 60.2 Å². The number of ether oxygens (including phenoxy) is 1. The smallest absolute Gasteiger partial charge is 0.410 e. The molecule has 138 valence electrons. The first-order valence-electron chi connectivity index (χ1n) is 9.04. The van der Waals surface area contributed by atoms with Crippen molar-refractivity contribution in [2.75, 3.05) is 32.8 Å². The summed E-state index contributed by atoms with van der Waals surface area (Å²) >= 11 is 0. The number of carbonyl (C=O) groups is 1. The maximum absolute atomic E-state index is 12.3. The minimum atomic E-state index is -0.274. The maximum atomic E-state index is 12.3. The van der Waals surface area contributed by atoms with E-state index in [0.717, 1.165) is 24.2 Å². The van der Waals surface area contributed by atoms with Gasteiger partial charge >= 0.3 is 6.09 Å². The standard InChI is InChI=1S/C21H26N2O3/c1-17-6-5-9-19(14-17)20(15-24)22-10-12-23(13-11-22)21(25)26-16-18-7-3-2-4-8-18/h2-9,14,20,24H,10-13,15-16H2,1H3. The van der Waals surface area contributed by atoms with Crippen molar-refractivity contribution in [3.8, 4) is 0 Å². The Hall–Kier alpha value is -2.37. The van der Waals surface area contributed by atoms with Gasteiger partial charge in [0.1, 0.15) is 6.61 Å². The fourth-order valence-electron chi connectivity index (χ4n) is 3.34. The fraction of sp³-hybridized carbons (Fsp3) is 0.381. The third kappa shape index (κ3) is 4.62. The Morgan fingerprint density at radius 1 is 1.08 bits per heavy atom. The molecule has 5 nitrogen and oxygen atoms in total. The van der Waals surface area contributed by atoms with Crippen LogP contribution >= 0.6 is 0 Å². The molecular formula is C21H26N2O3. The van der Waals surface area contributed by atoms with E-state index in [-0.39, 0.29) is 18.7 Å². The van der Waals surface area contributed by atoms with E-state index in [1.54, 1.807) is 4.90 Å². The van der Waals surface area contributed by atoms with Crippen LogP contribution in [0, 0.1) is 6.92 Å². The topological polar surface area (TPSA) is 53.0 Å². The second kappa shape index (κ2) is 8.83. The van der Waals surface area contributed by atoms with E-state index in [9.17, 15) is 9.90 Å². The number of carbonyl (C=O) groups excluding carboxylic acids is 1. The summed E-state index contributed by atoms with van der Waals surface area (Å²) in [5.74, 6) is 0. The molecule has 2 aromatic carbocycles. The highest BCUT2D eigenvalue weighted by Crippen LogP contribution is 2.23. The molecule has 3 rings (SSSR count). The normalized spacial score (nSPS) is 16.3. The first-order chi connectivity index (χ1) is 12.7. The second-order valence-corrected chi connectivity index (χ2v) is 6.68. The Morgan fingerprint density at radius 3 is 2.46 bits per heavy atom. The van der Waals surface area contributed by atoms with Crippen LogP contribution in [-0.2, 0) is 11.3 Å². The lowest BCUT2D eigenvalue weighted by molar-refractivity contribution is 0.0465. The van der Waals surface area contributed by atoms with Crippen LogP contribution in [0.25, 0.3) is 0 Å². The van der Waals surface area contributed by atoms with Crippen molar-refractivity contribution in [2.24, 2.45) is 0 Å². The molecule has 1 heterocycles. The molecule has 2 aromatic rings. The van der Waals surface area contributed by atoms with Gasteiger partial charge in [-0.3, -0.25) is 4.90 Å². The molecule has 1 aliphatic heterocycles.